The number of nitrogens with one attached hydrogen (secondary N) is 1. The number of ether oxygens (including phenoxy) is 1. The number of halogens is 4. The van der Waals surface area contributed by atoms with Gasteiger partial charge in [-0.15, -0.1) is 15.3 Å². The molecule has 0 bridgehead atoms. The minimum Gasteiger partial charge on any atom is -0.495 e. The van der Waals surface area contributed by atoms with Gasteiger partial charge in [-0.05, 0) is 30.3 Å². The lowest BCUT2D eigenvalue weighted by Crippen LogP contribution is -2.13. The van der Waals surface area contributed by atoms with Crippen LogP contribution in [0.2, 0.25) is 5.02 Å². The van der Waals surface area contributed by atoms with Crippen molar-refractivity contribution >= 4 is 28.8 Å². The van der Waals surface area contributed by atoms with Gasteiger partial charge in [-0.2, -0.15) is 17.7 Å². The summed E-state index contributed by atoms with van der Waals surface area (Å²) in [6.45, 7) is 0. The third-order valence-electron chi connectivity index (χ3n) is 2.94. The van der Waals surface area contributed by atoms with Gasteiger partial charge in [0.25, 0.3) is 5.82 Å². The number of aromatic nitrogens is 4. The van der Waals surface area contributed by atoms with Crippen LogP contribution in [0.3, 0.4) is 0 Å². The molecule has 0 aliphatic heterocycles. The Morgan fingerprint density at radius 1 is 1.17 bits per heavy atom. The van der Waals surface area contributed by atoms with E-state index in [-0.39, 0.29) is 11.5 Å². The molecule has 1 aromatic carbocycles. The summed E-state index contributed by atoms with van der Waals surface area (Å²) >= 11 is 6.00. The average molecular weight is 344 g/mol. The Morgan fingerprint density at radius 3 is 2.61 bits per heavy atom. The lowest BCUT2D eigenvalue weighted by molar-refractivity contribution is -0.146. The maximum Gasteiger partial charge on any atom is 0.453 e. The molecule has 0 radical (unpaired) electrons. The van der Waals surface area contributed by atoms with Gasteiger partial charge in [-0.3, -0.25) is 0 Å². The number of hydrogen-bond acceptors (Lipinski definition) is 5. The molecule has 0 spiro atoms. The Labute approximate surface area is 132 Å². The molecule has 0 aliphatic carbocycles. The monoisotopic (exact) mass is 343 g/mol. The van der Waals surface area contributed by atoms with Crippen LogP contribution in [0, 0.1) is 0 Å². The zero-order valence-electron chi connectivity index (χ0n) is 11.6. The smallest absolute Gasteiger partial charge is 0.453 e. The SMILES string of the molecule is COc1ccc(Nc2ccc3nnc(C(F)(F)F)n3n2)cc1Cl. The third kappa shape index (κ3) is 3.00. The first-order valence-electron chi connectivity index (χ1n) is 6.29. The molecule has 2 aromatic heterocycles. The van der Waals surface area contributed by atoms with Gasteiger partial charge >= 0.3 is 6.18 Å². The summed E-state index contributed by atoms with van der Waals surface area (Å²) in [4.78, 5) is 0. The molecule has 0 aliphatic rings. The largest absolute Gasteiger partial charge is 0.495 e. The second-order valence-electron chi connectivity index (χ2n) is 4.48. The Bertz CT molecular complexity index is 864. The first kappa shape index (κ1) is 15.3. The zero-order valence-corrected chi connectivity index (χ0v) is 12.4. The Balaban J connectivity index is 1.96. The summed E-state index contributed by atoms with van der Waals surface area (Å²) in [5.41, 5.74) is 0.542. The highest BCUT2D eigenvalue weighted by Gasteiger charge is 2.37. The van der Waals surface area contributed by atoms with Gasteiger partial charge in [0, 0.05) is 5.69 Å². The van der Waals surface area contributed by atoms with Gasteiger partial charge in [0.1, 0.15) is 5.75 Å². The highest BCUT2D eigenvalue weighted by molar-refractivity contribution is 6.32. The second kappa shape index (κ2) is 5.58. The number of alkyl halides is 3. The van der Waals surface area contributed by atoms with Crippen LogP contribution < -0.4 is 10.1 Å². The van der Waals surface area contributed by atoms with Crippen molar-refractivity contribution in [3.8, 4) is 5.75 Å². The van der Waals surface area contributed by atoms with E-state index in [0.717, 1.165) is 0 Å². The molecule has 0 fully saturated rings. The maximum atomic E-state index is 12.8. The summed E-state index contributed by atoms with van der Waals surface area (Å²) in [5, 5.41) is 13.6. The van der Waals surface area contributed by atoms with Gasteiger partial charge in [0.05, 0.1) is 12.1 Å². The molecule has 10 heteroatoms. The first-order chi connectivity index (χ1) is 10.9. The van der Waals surface area contributed by atoms with Crippen LogP contribution in [0.15, 0.2) is 30.3 Å². The van der Waals surface area contributed by atoms with E-state index in [1.54, 1.807) is 18.2 Å². The lowest BCUT2D eigenvalue weighted by Gasteiger charge is -2.09. The van der Waals surface area contributed by atoms with E-state index >= 15 is 0 Å². The second-order valence-corrected chi connectivity index (χ2v) is 4.89. The standard InChI is InChI=1S/C13H9ClF3N5O/c1-23-9-3-2-7(6-8(9)14)18-10-4-5-11-19-20-12(13(15,16)17)22(11)21-10/h2-6H,1H3,(H,18,21). The molecule has 0 saturated heterocycles. The van der Waals surface area contributed by atoms with Crippen LogP contribution >= 0.6 is 11.6 Å². The van der Waals surface area contributed by atoms with Gasteiger partial charge < -0.3 is 10.1 Å². The zero-order chi connectivity index (χ0) is 16.6. The summed E-state index contributed by atoms with van der Waals surface area (Å²) in [6, 6.07) is 7.73. The highest BCUT2D eigenvalue weighted by Crippen LogP contribution is 2.30. The highest BCUT2D eigenvalue weighted by atomic mass is 35.5. The normalized spacial score (nSPS) is 11.7. The van der Waals surface area contributed by atoms with Crippen molar-refractivity contribution in [3.05, 3.63) is 41.2 Å². The van der Waals surface area contributed by atoms with Crippen LogP contribution in [-0.4, -0.2) is 26.9 Å². The minimum absolute atomic E-state index is 0.00404. The van der Waals surface area contributed by atoms with Crippen LogP contribution in [0.4, 0.5) is 24.7 Å². The Kier molecular flexibility index (Phi) is 3.72. The van der Waals surface area contributed by atoms with Crippen molar-refractivity contribution in [1.82, 2.24) is 19.8 Å². The van der Waals surface area contributed by atoms with E-state index in [1.165, 1.54) is 19.2 Å². The van der Waals surface area contributed by atoms with E-state index in [0.29, 0.717) is 21.0 Å². The maximum absolute atomic E-state index is 12.8. The number of hydrogen-bond donors (Lipinski definition) is 1. The summed E-state index contributed by atoms with van der Waals surface area (Å²) in [5.74, 6) is -0.522. The van der Waals surface area contributed by atoms with E-state index < -0.39 is 12.0 Å². The van der Waals surface area contributed by atoms with Crippen molar-refractivity contribution < 1.29 is 17.9 Å². The topological polar surface area (TPSA) is 64.3 Å². The number of rotatable bonds is 3. The fourth-order valence-electron chi connectivity index (χ4n) is 1.92. The molecule has 0 atom stereocenters. The van der Waals surface area contributed by atoms with E-state index in [2.05, 4.69) is 20.6 Å². The summed E-state index contributed by atoms with van der Waals surface area (Å²) in [7, 11) is 1.48. The van der Waals surface area contributed by atoms with Crippen molar-refractivity contribution in [3.63, 3.8) is 0 Å². The third-order valence-corrected chi connectivity index (χ3v) is 3.24. The fraction of sp³-hybridized carbons (Fsp3) is 0.154. The molecule has 0 saturated carbocycles. The van der Waals surface area contributed by atoms with Crippen LogP contribution in [0.1, 0.15) is 5.82 Å². The minimum atomic E-state index is -4.64. The number of fused-ring (bicyclic) bond motifs is 1. The van der Waals surface area contributed by atoms with Crippen LogP contribution in [0.25, 0.3) is 5.65 Å². The van der Waals surface area contributed by atoms with Crippen molar-refractivity contribution in [2.24, 2.45) is 0 Å². The molecule has 0 amide bonds. The predicted octanol–water partition coefficient (Wildman–Crippen LogP) is 3.55. The van der Waals surface area contributed by atoms with Crippen molar-refractivity contribution in [2.45, 2.75) is 6.18 Å². The van der Waals surface area contributed by atoms with E-state index in [1.807, 2.05) is 0 Å². The van der Waals surface area contributed by atoms with Crippen molar-refractivity contribution in [2.75, 3.05) is 12.4 Å². The van der Waals surface area contributed by atoms with Gasteiger partial charge in [-0.1, -0.05) is 11.6 Å². The number of benzene rings is 1. The molecule has 120 valence electrons. The van der Waals surface area contributed by atoms with E-state index in [9.17, 15) is 13.2 Å². The average Bonchev–Trinajstić information content (AvgIpc) is 2.90. The molecular formula is C13H9ClF3N5O. The summed E-state index contributed by atoms with van der Waals surface area (Å²) < 4.78 is 44.2. The fourth-order valence-corrected chi connectivity index (χ4v) is 2.18. The first-order valence-corrected chi connectivity index (χ1v) is 6.66. The molecule has 3 rings (SSSR count). The molecule has 3 aromatic rings. The molecule has 0 unspecified atom stereocenters. The summed E-state index contributed by atoms with van der Waals surface area (Å²) in [6.07, 6.45) is -4.64. The van der Waals surface area contributed by atoms with Gasteiger partial charge in [0.2, 0.25) is 0 Å². The number of anilines is 2. The van der Waals surface area contributed by atoms with Crippen LogP contribution in [-0.2, 0) is 6.18 Å². The van der Waals surface area contributed by atoms with Gasteiger partial charge in [-0.25, -0.2) is 0 Å². The molecule has 23 heavy (non-hydrogen) atoms. The van der Waals surface area contributed by atoms with Crippen molar-refractivity contribution in [1.29, 1.82) is 0 Å². The van der Waals surface area contributed by atoms with Gasteiger partial charge in [0.15, 0.2) is 11.5 Å². The molecule has 1 N–H and O–H groups in total. The van der Waals surface area contributed by atoms with E-state index in [4.69, 9.17) is 16.3 Å². The number of methoxy groups -OCH3 is 1. The Hall–Kier alpha value is -2.55. The van der Waals surface area contributed by atoms with Crippen LogP contribution in [0.5, 0.6) is 5.75 Å². The quantitative estimate of drug-likeness (QED) is 0.788. The Morgan fingerprint density at radius 2 is 1.96 bits per heavy atom. The predicted molar refractivity (Wildman–Crippen MR) is 77.1 cm³/mol. The molecule has 6 nitrogen and oxygen atoms in total. The number of nitrogens with zero attached hydrogens (tertiary/aromatic N) is 4. The molecule has 2 heterocycles. The lowest BCUT2D eigenvalue weighted by atomic mass is 10.3. The molecular weight excluding hydrogens is 335 g/mol.